The molecule has 0 unspecified atom stereocenters. The van der Waals surface area contributed by atoms with Crippen LogP contribution in [0.15, 0.2) is 48.7 Å². The standard InChI is InChI=1S/C24H24F3N5O3/c25-24(26,27)14-35-21-6-4-17-11-16(21)13-34-10-2-1-8-29-22(33)15-3-5-18(19(28)12-15)20-7-9-30-23(31-17)32-20/h3-7,9,11-12H,1-2,8,10,13-14,28H2,(H,29,33)(H,30,31,32). The molecule has 5 rings (SSSR count). The molecular weight excluding hydrogens is 463 g/mol. The molecule has 0 saturated carbocycles. The maximum atomic E-state index is 12.7. The molecule has 4 N–H and O–H groups in total. The third kappa shape index (κ3) is 6.60. The van der Waals surface area contributed by atoms with Crippen molar-refractivity contribution in [3.63, 3.8) is 0 Å². The Morgan fingerprint density at radius 3 is 2.77 bits per heavy atom. The number of carbonyl (C=O) groups is 1. The summed E-state index contributed by atoms with van der Waals surface area (Å²) in [6.07, 6.45) is -1.59. The van der Waals surface area contributed by atoms with Crippen molar-refractivity contribution in [1.29, 1.82) is 0 Å². The molecular formula is C24H24F3N5O3. The Hall–Kier alpha value is -3.86. The fourth-order valence-electron chi connectivity index (χ4n) is 3.52. The van der Waals surface area contributed by atoms with Gasteiger partial charge in [-0.05, 0) is 55.3 Å². The van der Waals surface area contributed by atoms with E-state index in [9.17, 15) is 18.0 Å². The summed E-state index contributed by atoms with van der Waals surface area (Å²) in [7, 11) is 0. The van der Waals surface area contributed by atoms with Gasteiger partial charge in [-0.2, -0.15) is 13.2 Å². The van der Waals surface area contributed by atoms with Gasteiger partial charge in [0.2, 0.25) is 5.95 Å². The Morgan fingerprint density at radius 2 is 1.97 bits per heavy atom. The molecule has 184 valence electrons. The molecule has 3 heterocycles. The average Bonchev–Trinajstić information content (AvgIpc) is 2.82. The van der Waals surface area contributed by atoms with Crippen LogP contribution in [0.5, 0.6) is 5.75 Å². The van der Waals surface area contributed by atoms with Crippen LogP contribution in [0.2, 0.25) is 0 Å². The molecule has 3 aromatic rings. The molecule has 35 heavy (non-hydrogen) atoms. The first-order valence-electron chi connectivity index (χ1n) is 11.0. The van der Waals surface area contributed by atoms with Gasteiger partial charge in [-0.25, -0.2) is 9.97 Å². The number of carbonyl (C=O) groups excluding carboxylic acids is 1. The number of ether oxygens (including phenoxy) is 2. The minimum Gasteiger partial charge on any atom is -0.484 e. The third-order valence-corrected chi connectivity index (χ3v) is 5.21. The summed E-state index contributed by atoms with van der Waals surface area (Å²) < 4.78 is 48.7. The number of nitrogens with one attached hydrogen (secondary N) is 2. The molecule has 1 amide bonds. The Balaban J connectivity index is 1.65. The molecule has 0 aliphatic carbocycles. The molecule has 0 fully saturated rings. The molecule has 2 aliphatic heterocycles. The molecule has 8 nitrogen and oxygen atoms in total. The van der Waals surface area contributed by atoms with Crippen molar-refractivity contribution in [2.24, 2.45) is 0 Å². The number of aromatic nitrogens is 2. The first kappa shape index (κ1) is 24.3. The largest absolute Gasteiger partial charge is 0.484 e. The molecule has 1 aromatic heterocycles. The molecule has 0 atom stereocenters. The molecule has 0 radical (unpaired) electrons. The highest BCUT2D eigenvalue weighted by molar-refractivity contribution is 5.96. The van der Waals surface area contributed by atoms with E-state index >= 15 is 0 Å². The van der Waals surface area contributed by atoms with Crippen LogP contribution in [0.1, 0.15) is 28.8 Å². The Kier molecular flexibility index (Phi) is 7.35. The van der Waals surface area contributed by atoms with Gasteiger partial charge in [0, 0.05) is 47.4 Å². The van der Waals surface area contributed by atoms with Gasteiger partial charge in [-0.1, -0.05) is 0 Å². The highest BCUT2D eigenvalue weighted by Gasteiger charge is 2.29. The lowest BCUT2D eigenvalue weighted by molar-refractivity contribution is -0.153. The maximum absolute atomic E-state index is 12.7. The highest BCUT2D eigenvalue weighted by atomic mass is 19.4. The second kappa shape index (κ2) is 10.6. The number of alkyl halides is 3. The van der Waals surface area contributed by atoms with E-state index in [0.29, 0.717) is 59.8 Å². The molecule has 2 aromatic carbocycles. The summed E-state index contributed by atoms with van der Waals surface area (Å²) in [5.41, 5.74) is 9.21. The minimum atomic E-state index is -4.46. The fraction of sp³-hybridized carbons (Fsp3) is 0.292. The number of halogens is 3. The predicted octanol–water partition coefficient (Wildman–Crippen LogP) is 4.45. The van der Waals surface area contributed by atoms with E-state index in [0.717, 1.165) is 0 Å². The van der Waals surface area contributed by atoms with E-state index in [-0.39, 0.29) is 24.2 Å². The van der Waals surface area contributed by atoms with Crippen LogP contribution in [0.4, 0.5) is 30.5 Å². The number of amides is 1. The summed E-state index contributed by atoms with van der Waals surface area (Å²) in [6, 6.07) is 11.4. The zero-order valence-corrected chi connectivity index (χ0v) is 18.7. The Morgan fingerprint density at radius 1 is 1.11 bits per heavy atom. The van der Waals surface area contributed by atoms with Crippen molar-refractivity contribution in [2.45, 2.75) is 25.6 Å². The second-order valence-electron chi connectivity index (χ2n) is 7.93. The van der Waals surface area contributed by atoms with E-state index < -0.39 is 12.8 Å². The number of nitrogens with zero attached hydrogens (tertiary/aromatic N) is 2. The molecule has 6 bridgehead atoms. The maximum Gasteiger partial charge on any atom is 0.422 e. The van der Waals surface area contributed by atoms with Crippen molar-refractivity contribution in [1.82, 2.24) is 15.3 Å². The summed E-state index contributed by atoms with van der Waals surface area (Å²) in [5.74, 6) is 0.0976. The number of nitrogen functional groups attached to an aromatic ring is 1. The number of anilines is 3. The molecule has 2 aliphatic rings. The van der Waals surface area contributed by atoms with E-state index in [1.807, 2.05) is 0 Å². The molecule has 0 saturated heterocycles. The van der Waals surface area contributed by atoms with Crippen molar-refractivity contribution in [2.75, 3.05) is 30.8 Å². The van der Waals surface area contributed by atoms with Gasteiger partial charge in [0.1, 0.15) is 5.75 Å². The number of hydrogen-bond acceptors (Lipinski definition) is 7. The second-order valence-corrected chi connectivity index (χ2v) is 7.93. The first-order valence-corrected chi connectivity index (χ1v) is 11.0. The Bertz CT molecular complexity index is 1200. The van der Waals surface area contributed by atoms with Crippen molar-refractivity contribution >= 4 is 23.2 Å². The third-order valence-electron chi connectivity index (χ3n) is 5.21. The van der Waals surface area contributed by atoms with Crippen LogP contribution < -0.4 is 21.1 Å². The van der Waals surface area contributed by atoms with E-state index in [4.69, 9.17) is 15.2 Å². The Labute approximate surface area is 199 Å². The van der Waals surface area contributed by atoms with Crippen LogP contribution in [0, 0.1) is 0 Å². The molecule has 0 spiro atoms. The van der Waals surface area contributed by atoms with Gasteiger partial charge < -0.3 is 25.8 Å². The molecule has 11 heteroatoms. The smallest absolute Gasteiger partial charge is 0.422 e. The SMILES string of the molecule is Nc1cc2ccc1-c1ccnc(n1)Nc1ccc(OCC(F)(F)F)c(c1)COCCCCNC2=O. The van der Waals surface area contributed by atoms with Crippen molar-refractivity contribution < 1.29 is 27.4 Å². The average molecular weight is 487 g/mol. The lowest BCUT2D eigenvalue weighted by atomic mass is 10.1. The van der Waals surface area contributed by atoms with E-state index in [1.165, 1.54) is 6.07 Å². The lowest BCUT2D eigenvalue weighted by Gasteiger charge is -2.15. The monoisotopic (exact) mass is 487 g/mol. The van der Waals surface area contributed by atoms with E-state index in [2.05, 4.69) is 20.6 Å². The van der Waals surface area contributed by atoms with Crippen LogP contribution >= 0.6 is 0 Å². The van der Waals surface area contributed by atoms with Gasteiger partial charge in [0.15, 0.2) is 6.61 Å². The number of nitrogens with two attached hydrogens (primary N) is 1. The topological polar surface area (TPSA) is 111 Å². The number of fused-ring (bicyclic) bond motifs is 9. The fourth-order valence-corrected chi connectivity index (χ4v) is 3.52. The van der Waals surface area contributed by atoms with Gasteiger partial charge in [-0.15, -0.1) is 0 Å². The van der Waals surface area contributed by atoms with Gasteiger partial charge in [0.25, 0.3) is 5.91 Å². The number of rotatable bonds is 2. The number of hydrogen-bond donors (Lipinski definition) is 3. The zero-order chi connectivity index (χ0) is 24.8. The van der Waals surface area contributed by atoms with Crippen molar-refractivity contribution in [3.05, 3.63) is 59.8 Å². The summed E-state index contributed by atoms with van der Waals surface area (Å²) in [6.45, 7) is -0.550. The zero-order valence-electron chi connectivity index (χ0n) is 18.7. The quantitative estimate of drug-likeness (QED) is 0.458. The normalized spacial score (nSPS) is 14.8. The minimum absolute atomic E-state index is 0.0518. The van der Waals surface area contributed by atoms with Crippen LogP contribution in [-0.2, 0) is 11.3 Å². The lowest BCUT2D eigenvalue weighted by Crippen LogP contribution is -2.24. The van der Waals surface area contributed by atoms with Crippen LogP contribution in [0.3, 0.4) is 0 Å². The van der Waals surface area contributed by atoms with Gasteiger partial charge >= 0.3 is 6.18 Å². The van der Waals surface area contributed by atoms with Crippen LogP contribution in [0.25, 0.3) is 11.3 Å². The summed E-state index contributed by atoms with van der Waals surface area (Å²) in [4.78, 5) is 21.1. The summed E-state index contributed by atoms with van der Waals surface area (Å²) >= 11 is 0. The van der Waals surface area contributed by atoms with Crippen LogP contribution in [-0.4, -0.2) is 41.8 Å². The van der Waals surface area contributed by atoms with Crippen molar-refractivity contribution in [3.8, 4) is 17.0 Å². The van der Waals surface area contributed by atoms with Gasteiger partial charge in [0.05, 0.1) is 12.3 Å². The predicted molar refractivity (Wildman–Crippen MR) is 124 cm³/mol. The summed E-state index contributed by atoms with van der Waals surface area (Å²) in [5, 5.41) is 5.89. The number of benzene rings is 2. The van der Waals surface area contributed by atoms with E-state index in [1.54, 1.807) is 42.6 Å². The van der Waals surface area contributed by atoms with Gasteiger partial charge in [-0.3, -0.25) is 4.79 Å². The first-order chi connectivity index (χ1) is 16.8. The highest BCUT2D eigenvalue weighted by Crippen LogP contribution is 2.29.